The zero-order valence-corrected chi connectivity index (χ0v) is 22.6. The highest BCUT2D eigenvalue weighted by Gasteiger charge is 2.23. The summed E-state index contributed by atoms with van der Waals surface area (Å²) in [4.78, 5) is 29.8. The molecular formula is C29H33N7O4. The highest BCUT2D eigenvalue weighted by atomic mass is 16.4. The van der Waals surface area contributed by atoms with Gasteiger partial charge in [-0.05, 0) is 62.1 Å². The molecule has 40 heavy (non-hydrogen) atoms. The molecule has 0 fully saturated rings. The van der Waals surface area contributed by atoms with Gasteiger partial charge >= 0.3 is 5.97 Å². The predicted molar refractivity (Wildman–Crippen MR) is 148 cm³/mol. The molecule has 11 nitrogen and oxygen atoms in total. The molecule has 5 rings (SSSR count). The number of carbonyl (C=O) groups excluding carboxylic acids is 1. The number of carboxylic acid groups (broad SMARTS) is 1. The fourth-order valence-electron chi connectivity index (χ4n) is 5.11. The van der Waals surface area contributed by atoms with Crippen LogP contribution in [-0.2, 0) is 30.8 Å². The second-order valence-electron chi connectivity index (χ2n) is 10.0. The summed E-state index contributed by atoms with van der Waals surface area (Å²) in [5, 5.41) is 34.7. The summed E-state index contributed by atoms with van der Waals surface area (Å²) in [6.07, 6.45) is 3.78. The largest absolute Gasteiger partial charge is 0.481 e. The van der Waals surface area contributed by atoms with Crippen LogP contribution in [0.5, 0.6) is 0 Å². The van der Waals surface area contributed by atoms with Crippen molar-refractivity contribution in [2.75, 3.05) is 11.9 Å². The van der Waals surface area contributed by atoms with Crippen molar-refractivity contribution in [1.29, 1.82) is 0 Å². The van der Waals surface area contributed by atoms with Gasteiger partial charge in [-0.15, -0.1) is 0 Å². The highest BCUT2D eigenvalue weighted by Crippen LogP contribution is 2.23. The van der Waals surface area contributed by atoms with Gasteiger partial charge in [-0.2, -0.15) is 10.2 Å². The van der Waals surface area contributed by atoms with Crippen LogP contribution in [0, 0.1) is 13.8 Å². The summed E-state index contributed by atoms with van der Waals surface area (Å²) in [7, 11) is 0. The summed E-state index contributed by atoms with van der Waals surface area (Å²) < 4.78 is 3.37. The number of amides is 1. The van der Waals surface area contributed by atoms with Crippen LogP contribution in [0.2, 0.25) is 0 Å². The Morgan fingerprint density at radius 1 is 1.18 bits per heavy atom. The van der Waals surface area contributed by atoms with Gasteiger partial charge in [-0.1, -0.05) is 18.2 Å². The van der Waals surface area contributed by atoms with Crippen molar-refractivity contribution in [3.8, 4) is 5.69 Å². The fraction of sp³-hybridized carbons (Fsp3) is 0.345. The lowest BCUT2D eigenvalue weighted by atomic mass is 10.0. The van der Waals surface area contributed by atoms with Gasteiger partial charge in [0.15, 0.2) is 0 Å². The predicted octanol–water partition coefficient (Wildman–Crippen LogP) is 3.12. The number of hydrogen-bond donors (Lipinski definition) is 4. The molecule has 208 valence electrons. The van der Waals surface area contributed by atoms with E-state index in [9.17, 15) is 19.8 Å². The minimum absolute atomic E-state index is 0.202. The number of fused-ring (bicyclic) bond motifs is 1. The number of aryl methyl sites for hydroxylation is 5. The van der Waals surface area contributed by atoms with E-state index in [4.69, 9.17) is 4.98 Å². The van der Waals surface area contributed by atoms with E-state index < -0.39 is 17.9 Å². The number of rotatable bonds is 10. The van der Waals surface area contributed by atoms with Crippen LogP contribution < -0.4 is 10.6 Å². The fourth-order valence-corrected chi connectivity index (χ4v) is 5.11. The highest BCUT2D eigenvalue weighted by molar-refractivity contribution is 5.95. The van der Waals surface area contributed by atoms with Crippen LogP contribution in [0.4, 0.5) is 5.82 Å². The van der Waals surface area contributed by atoms with E-state index in [0.717, 1.165) is 48.0 Å². The zero-order valence-electron chi connectivity index (χ0n) is 22.6. The molecule has 1 aliphatic rings. The minimum Gasteiger partial charge on any atom is -0.481 e. The summed E-state index contributed by atoms with van der Waals surface area (Å²) in [6.45, 7) is 4.79. The topological polar surface area (TPSA) is 147 Å². The van der Waals surface area contributed by atoms with Crippen molar-refractivity contribution >= 4 is 17.7 Å². The Bertz CT molecular complexity index is 1540. The van der Waals surface area contributed by atoms with E-state index in [1.165, 1.54) is 11.8 Å². The molecule has 4 heterocycles. The summed E-state index contributed by atoms with van der Waals surface area (Å²) in [6, 6.07) is 12.5. The number of carbonyl (C=O) groups is 2. The number of benzene rings is 1. The second-order valence-corrected chi connectivity index (χ2v) is 10.0. The first-order valence-corrected chi connectivity index (χ1v) is 13.4. The molecule has 1 aliphatic heterocycles. The molecule has 1 amide bonds. The van der Waals surface area contributed by atoms with Crippen molar-refractivity contribution in [3.63, 3.8) is 0 Å². The molecule has 1 unspecified atom stereocenters. The average molecular weight is 544 g/mol. The van der Waals surface area contributed by atoms with Crippen molar-refractivity contribution in [3.05, 3.63) is 88.1 Å². The van der Waals surface area contributed by atoms with Crippen LogP contribution in [0.1, 0.15) is 63.1 Å². The quantitative estimate of drug-likeness (QED) is 0.239. The van der Waals surface area contributed by atoms with E-state index in [0.29, 0.717) is 24.2 Å². The van der Waals surface area contributed by atoms with Gasteiger partial charge in [0.1, 0.15) is 5.82 Å². The van der Waals surface area contributed by atoms with E-state index >= 15 is 0 Å². The lowest BCUT2D eigenvalue weighted by molar-refractivity contribution is -0.137. The number of aliphatic hydroxyl groups excluding tert-OH is 1. The Labute approximate surface area is 231 Å². The van der Waals surface area contributed by atoms with Crippen LogP contribution >= 0.6 is 0 Å². The van der Waals surface area contributed by atoms with Crippen LogP contribution in [0.15, 0.2) is 48.7 Å². The van der Waals surface area contributed by atoms with Crippen LogP contribution in [0.3, 0.4) is 0 Å². The lowest BCUT2D eigenvalue weighted by Crippen LogP contribution is -2.31. The van der Waals surface area contributed by atoms with E-state index in [-0.39, 0.29) is 18.6 Å². The second kappa shape index (κ2) is 11.7. The van der Waals surface area contributed by atoms with Gasteiger partial charge in [0, 0.05) is 30.9 Å². The molecular weight excluding hydrogens is 510 g/mol. The number of carboxylic acids is 1. The molecule has 0 spiro atoms. The van der Waals surface area contributed by atoms with Gasteiger partial charge in [0.05, 0.1) is 47.9 Å². The summed E-state index contributed by atoms with van der Waals surface area (Å²) >= 11 is 0. The molecule has 0 aliphatic carbocycles. The third-order valence-corrected chi connectivity index (χ3v) is 7.09. The monoisotopic (exact) mass is 543 g/mol. The van der Waals surface area contributed by atoms with Gasteiger partial charge < -0.3 is 20.8 Å². The van der Waals surface area contributed by atoms with Crippen molar-refractivity contribution in [1.82, 2.24) is 29.9 Å². The number of aromatic nitrogens is 5. The van der Waals surface area contributed by atoms with E-state index in [1.54, 1.807) is 15.4 Å². The number of pyridine rings is 1. The van der Waals surface area contributed by atoms with Gasteiger partial charge in [-0.3, -0.25) is 14.3 Å². The van der Waals surface area contributed by atoms with Gasteiger partial charge in [0.25, 0.3) is 5.91 Å². The van der Waals surface area contributed by atoms with Crippen molar-refractivity contribution < 1.29 is 19.8 Å². The van der Waals surface area contributed by atoms with Crippen LogP contribution in [-0.4, -0.2) is 53.2 Å². The Balaban J connectivity index is 1.33. The van der Waals surface area contributed by atoms with E-state index in [2.05, 4.69) is 26.9 Å². The molecule has 11 heteroatoms. The Kier molecular flexibility index (Phi) is 7.92. The van der Waals surface area contributed by atoms with Crippen molar-refractivity contribution in [2.45, 2.75) is 58.7 Å². The lowest BCUT2D eigenvalue weighted by Gasteiger charge is -2.19. The van der Waals surface area contributed by atoms with E-state index in [1.807, 2.05) is 44.2 Å². The van der Waals surface area contributed by atoms with Gasteiger partial charge in [0.2, 0.25) is 0 Å². The number of nitrogens with zero attached hydrogens (tertiary/aromatic N) is 5. The molecule has 1 aromatic carbocycles. The first kappa shape index (κ1) is 27.1. The normalized spacial score (nSPS) is 13.4. The van der Waals surface area contributed by atoms with Gasteiger partial charge in [-0.25, -0.2) is 9.67 Å². The number of hydrogen-bond acceptors (Lipinski definition) is 7. The third-order valence-electron chi connectivity index (χ3n) is 7.09. The molecule has 3 aromatic heterocycles. The molecule has 0 saturated heterocycles. The maximum absolute atomic E-state index is 13.3. The maximum atomic E-state index is 13.3. The zero-order chi connectivity index (χ0) is 28.2. The molecule has 4 N–H and O–H groups in total. The first-order chi connectivity index (χ1) is 19.3. The Hall–Kier alpha value is -4.51. The van der Waals surface area contributed by atoms with Crippen LogP contribution in [0.25, 0.3) is 5.69 Å². The average Bonchev–Trinajstić information content (AvgIpc) is 3.52. The number of anilines is 1. The smallest absolute Gasteiger partial charge is 0.305 e. The third kappa shape index (κ3) is 5.89. The maximum Gasteiger partial charge on any atom is 0.305 e. The molecule has 0 saturated carbocycles. The Morgan fingerprint density at radius 3 is 2.77 bits per heavy atom. The SMILES string of the molecule is Cc1cc(C)n(-c2cccc(C(CC(=O)O)NC(=O)c3cnn(CCc4ccc5c(n4)NCCC5)c3CO)c2)n1. The number of aliphatic carboxylic acids is 1. The molecule has 1 atom stereocenters. The molecule has 0 bridgehead atoms. The summed E-state index contributed by atoms with van der Waals surface area (Å²) in [5.74, 6) is -0.640. The standard InChI is InChI=1S/C29H33N7O4/c1-18-13-19(2)36(34-18)23-7-3-5-21(14-23)25(15-27(38)39)33-29(40)24-16-31-35(26(24)17-37)12-10-22-9-8-20-6-4-11-30-28(20)32-22/h3,5,7-9,13-14,16,25,37H,4,6,10-12,15,17H2,1-2H3,(H,30,32)(H,33,40)(H,38,39). The Morgan fingerprint density at radius 2 is 2.02 bits per heavy atom. The minimum atomic E-state index is -1.05. The first-order valence-electron chi connectivity index (χ1n) is 13.4. The van der Waals surface area contributed by atoms with Crippen molar-refractivity contribution in [2.24, 2.45) is 0 Å². The number of nitrogens with one attached hydrogen (secondary N) is 2. The number of aliphatic hydroxyl groups is 1. The molecule has 0 radical (unpaired) electrons. The molecule has 4 aromatic rings. The summed E-state index contributed by atoms with van der Waals surface area (Å²) in [5.41, 5.74) is 5.87.